The molecule has 1 amide bonds. The molecule has 74 valence electrons. The Bertz CT molecular complexity index is 336. The minimum absolute atomic E-state index is 0.698. The summed E-state index contributed by atoms with van der Waals surface area (Å²) in [6, 6.07) is 6.23. The minimum atomic E-state index is 0.698. The van der Waals surface area contributed by atoms with E-state index in [-0.39, 0.29) is 0 Å². The maximum atomic E-state index is 10.1. The monoisotopic (exact) mass is 191 g/mol. The predicted molar refractivity (Wildman–Crippen MR) is 53.4 cm³/mol. The van der Waals surface area contributed by atoms with Crippen LogP contribution >= 0.6 is 0 Å². The molecule has 0 unspecified atom stereocenters. The van der Waals surface area contributed by atoms with E-state index >= 15 is 0 Å². The number of nitrogens with one attached hydrogen (secondary N) is 1. The van der Waals surface area contributed by atoms with Crippen LogP contribution in [-0.4, -0.2) is 19.6 Å². The first-order valence-corrected chi connectivity index (χ1v) is 4.82. The van der Waals surface area contributed by atoms with Crippen molar-refractivity contribution in [2.24, 2.45) is 0 Å². The Kier molecular flexibility index (Phi) is 2.68. The van der Waals surface area contributed by atoms with E-state index in [2.05, 4.69) is 17.4 Å². The largest absolute Gasteiger partial charge is 0.493 e. The van der Waals surface area contributed by atoms with Gasteiger partial charge in [-0.2, -0.15) is 0 Å². The van der Waals surface area contributed by atoms with Crippen LogP contribution < -0.4 is 10.1 Å². The van der Waals surface area contributed by atoms with Gasteiger partial charge in [0.2, 0.25) is 6.41 Å². The topological polar surface area (TPSA) is 38.3 Å². The number of benzene rings is 1. The third kappa shape index (κ3) is 1.87. The smallest absolute Gasteiger partial charge is 0.207 e. The van der Waals surface area contributed by atoms with Crippen molar-refractivity contribution in [1.82, 2.24) is 5.32 Å². The Morgan fingerprint density at radius 1 is 1.50 bits per heavy atom. The zero-order chi connectivity index (χ0) is 9.80. The molecule has 0 atom stereocenters. The molecule has 1 aromatic carbocycles. The molecular formula is C11H13NO2. The van der Waals surface area contributed by atoms with E-state index in [0.29, 0.717) is 6.54 Å². The maximum absolute atomic E-state index is 10.1. The van der Waals surface area contributed by atoms with Gasteiger partial charge in [-0.25, -0.2) is 0 Å². The first-order chi connectivity index (χ1) is 6.90. The number of hydrogen-bond donors (Lipinski definition) is 1. The summed E-state index contributed by atoms with van der Waals surface area (Å²) in [6.45, 7) is 1.49. The summed E-state index contributed by atoms with van der Waals surface area (Å²) < 4.78 is 5.41. The number of hydrogen-bond acceptors (Lipinski definition) is 2. The number of carbonyl (C=O) groups excluding carboxylic acids is 1. The van der Waals surface area contributed by atoms with Gasteiger partial charge in [0.15, 0.2) is 0 Å². The minimum Gasteiger partial charge on any atom is -0.493 e. The Morgan fingerprint density at radius 2 is 2.43 bits per heavy atom. The van der Waals surface area contributed by atoms with E-state index in [1.807, 2.05) is 6.07 Å². The van der Waals surface area contributed by atoms with Crippen molar-refractivity contribution < 1.29 is 9.53 Å². The fourth-order valence-corrected chi connectivity index (χ4v) is 1.67. The normalized spacial score (nSPS) is 13.1. The molecule has 0 aromatic heterocycles. The van der Waals surface area contributed by atoms with Crippen LogP contribution in [0.1, 0.15) is 11.1 Å². The molecule has 0 spiro atoms. The SMILES string of the molecule is O=CNCCc1ccc2c(c1)CCO2. The summed E-state index contributed by atoms with van der Waals surface area (Å²) in [7, 11) is 0. The van der Waals surface area contributed by atoms with Gasteiger partial charge in [-0.3, -0.25) is 4.79 Å². The molecule has 1 N–H and O–H groups in total. The van der Waals surface area contributed by atoms with Crippen molar-refractivity contribution >= 4 is 6.41 Å². The Hall–Kier alpha value is -1.51. The van der Waals surface area contributed by atoms with Crippen LogP contribution in [0.25, 0.3) is 0 Å². The number of carbonyl (C=O) groups is 1. The highest BCUT2D eigenvalue weighted by Gasteiger charge is 2.11. The van der Waals surface area contributed by atoms with Gasteiger partial charge in [0, 0.05) is 13.0 Å². The zero-order valence-corrected chi connectivity index (χ0v) is 7.95. The van der Waals surface area contributed by atoms with Crippen molar-refractivity contribution in [1.29, 1.82) is 0 Å². The molecule has 1 aromatic rings. The average molecular weight is 191 g/mol. The van der Waals surface area contributed by atoms with Crippen LogP contribution in [0.4, 0.5) is 0 Å². The molecule has 1 aliphatic rings. The van der Waals surface area contributed by atoms with Crippen LogP contribution in [0.3, 0.4) is 0 Å². The summed E-state index contributed by atoms with van der Waals surface area (Å²) >= 11 is 0. The molecule has 0 aliphatic carbocycles. The van der Waals surface area contributed by atoms with E-state index in [0.717, 1.165) is 31.6 Å². The lowest BCUT2D eigenvalue weighted by Crippen LogP contribution is -2.14. The van der Waals surface area contributed by atoms with Gasteiger partial charge in [0.1, 0.15) is 5.75 Å². The van der Waals surface area contributed by atoms with Gasteiger partial charge in [-0.05, 0) is 23.6 Å². The lowest BCUT2D eigenvalue weighted by atomic mass is 10.1. The van der Waals surface area contributed by atoms with Gasteiger partial charge in [0.25, 0.3) is 0 Å². The fourth-order valence-electron chi connectivity index (χ4n) is 1.67. The molecule has 0 radical (unpaired) electrons. The van der Waals surface area contributed by atoms with Gasteiger partial charge >= 0.3 is 0 Å². The van der Waals surface area contributed by atoms with Crippen LogP contribution in [0.5, 0.6) is 5.75 Å². The van der Waals surface area contributed by atoms with E-state index in [1.165, 1.54) is 11.1 Å². The van der Waals surface area contributed by atoms with E-state index < -0.39 is 0 Å². The summed E-state index contributed by atoms with van der Waals surface area (Å²) in [6.07, 6.45) is 2.62. The van der Waals surface area contributed by atoms with Gasteiger partial charge in [0.05, 0.1) is 6.61 Å². The van der Waals surface area contributed by atoms with Crippen molar-refractivity contribution in [3.63, 3.8) is 0 Å². The maximum Gasteiger partial charge on any atom is 0.207 e. The molecule has 3 heteroatoms. The fraction of sp³-hybridized carbons (Fsp3) is 0.364. The summed E-state index contributed by atoms with van der Waals surface area (Å²) in [5, 5.41) is 2.65. The second-order valence-corrected chi connectivity index (χ2v) is 3.36. The Balaban J connectivity index is 2.01. The highest BCUT2D eigenvalue weighted by atomic mass is 16.5. The van der Waals surface area contributed by atoms with Crippen LogP contribution in [-0.2, 0) is 17.6 Å². The molecule has 1 aliphatic heterocycles. The van der Waals surface area contributed by atoms with Crippen molar-refractivity contribution in [3.8, 4) is 5.75 Å². The van der Waals surface area contributed by atoms with Crippen LogP contribution in [0.15, 0.2) is 18.2 Å². The molecule has 2 rings (SSSR count). The highest BCUT2D eigenvalue weighted by molar-refractivity contribution is 5.46. The second-order valence-electron chi connectivity index (χ2n) is 3.36. The van der Waals surface area contributed by atoms with Crippen molar-refractivity contribution in [2.45, 2.75) is 12.8 Å². The third-order valence-electron chi connectivity index (χ3n) is 2.40. The molecule has 0 saturated carbocycles. The molecule has 3 nitrogen and oxygen atoms in total. The van der Waals surface area contributed by atoms with Crippen molar-refractivity contribution in [2.75, 3.05) is 13.2 Å². The zero-order valence-electron chi connectivity index (χ0n) is 7.95. The van der Waals surface area contributed by atoms with E-state index in [4.69, 9.17) is 4.74 Å². The molecule has 1 heterocycles. The van der Waals surface area contributed by atoms with E-state index in [9.17, 15) is 4.79 Å². The standard InChI is InChI=1S/C11H13NO2/c13-8-12-5-3-9-1-2-11-10(7-9)4-6-14-11/h1-2,7-8H,3-6H2,(H,12,13). The van der Waals surface area contributed by atoms with Crippen LogP contribution in [0, 0.1) is 0 Å². The molecule has 14 heavy (non-hydrogen) atoms. The van der Waals surface area contributed by atoms with Gasteiger partial charge in [-0.15, -0.1) is 0 Å². The molecule has 0 saturated heterocycles. The molecule has 0 fully saturated rings. The first kappa shape index (κ1) is 9.06. The summed E-state index contributed by atoms with van der Waals surface area (Å²) in [4.78, 5) is 10.1. The number of ether oxygens (including phenoxy) is 1. The predicted octanol–water partition coefficient (Wildman–Crippen LogP) is 0.910. The number of fused-ring (bicyclic) bond motifs is 1. The van der Waals surface area contributed by atoms with Crippen LogP contribution in [0.2, 0.25) is 0 Å². The molecular weight excluding hydrogens is 178 g/mol. The number of rotatable bonds is 4. The van der Waals surface area contributed by atoms with Gasteiger partial charge < -0.3 is 10.1 Å². The quantitative estimate of drug-likeness (QED) is 0.567. The summed E-state index contributed by atoms with van der Waals surface area (Å²) in [5.41, 5.74) is 2.54. The Labute approximate surface area is 83.1 Å². The average Bonchev–Trinajstić information content (AvgIpc) is 2.65. The van der Waals surface area contributed by atoms with Crippen molar-refractivity contribution in [3.05, 3.63) is 29.3 Å². The molecule has 0 bridgehead atoms. The summed E-state index contributed by atoms with van der Waals surface area (Å²) in [5.74, 6) is 1.01. The van der Waals surface area contributed by atoms with Gasteiger partial charge in [-0.1, -0.05) is 12.1 Å². The lowest BCUT2D eigenvalue weighted by molar-refractivity contribution is -0.109. The Morgan fingerprint density at radius 3 is 3.29 bits per heavy atom. The highest BCUT2D eigenvalue weighted by Crippen LogP contribution is 2.25. The third-order valence-corrected chi connectivity index (χ3v) is 2.40. The number of amides is 1. The van der Waals surface area contributed by atoms with E-state index in [1.54, 1.807) is 0 Å². The lowest BCUT2D eigenvalue weighted by Gasteiger charge is -2.03. The second kappa shape index (κ2) is 4.13. The first-order valence-electron chi connectivity index (χ1n) is 4.82.